The van der Waals surface area contributed by atoms with Crippen LogP contribution in [0.1, 0.15) is 44.9 Å². The van der Waals surface area contributed by atoms with E-state index in [2.05, 4.69) is 16.2 Å². The van der Waals surface area contributed by atoms with Crippen LogP contribution in [-0.4, -0.2) is 78.1 Å². The number of hydrogen-bond acceptors (Lipinski definition) is 5. The smallest absolute Gasteiger partial charge is 0.241 e. The standard InChI is InChI=1S/C20H32FN5O2/c21-13-5-7-25(10-13)20(28)18-14-11-26(8-6-16(14)23-24-18)19(27)17-9-12-3-1-2-4-15(12)22-17/h12-18,22-24H,1-11H2/t12?,13-,14?,15?,16?,17?,18?/m1/s1. The number of carbonyl (C=O) groups is 2. The Morgan fingerprint density at radius 3 is 2.43 bits per heavy atom. The average molecular weight is 394 g/mol. The number of carbonyl (C=O) groups excluding carboxylic acids is 2. The lowest BCUT2D eigenvalue weighted by molar-refractivity contribution is -0.138. The Hall–Kier alpha value is -1.25. The van der Waals surface area contributed by atoms with Crippen molar-refractivity contribution in [1.82, 2.24) is 26.0 Å². The zero-order valence-corrected chi connectivity index (χ0v) is 16.4. The first-order chi connectivity index (χ1) is 13.6. The van der Waals surface area contributed by atoms with E-state index in [1.807, 2.05) is 4.90 Å². The van der Waals surface area contributed by atoms with E-state index in [4.69, 9.17) is 0 Å². The van der Waals surface area contributed by atoms with Crippen LogP contribution in [0.2, 0.25) is 0 Å². The fourth-order valence-corrected chi connectivity index (χ4v) is 6.09. The van der Waals surface area contributed by atoms with Gasteiger partial charge in [0.05, 0.1) is 12.6 Å². The molecule has 0 bridgehead atoms. The van der Waals surface area contributed by atoms with Crippen LogP contribution in [-0.2, 0) is 9.59 Å². The van der Waals surface area contributed by atoms with E-state index in [0.29, 0.717) is 31.5 Å². The van der Waals surface area contributed by atoms with E-state index in [9.17, 15) is 14.0 Å². The Kier molecular flexibility index (Phi) is 5.05. The average Bonchev–Trinajstić information content (AvgIpc) is 3.43. The summed E-state index contributed by atoms with van der Waals surface area (Å²) in [7, 11) is 0. The number of halogens is 1. The maximum absolute atomic E-state index is 13.5. The first-order valence-electron chi connectivity index (χ1n) is 11.1. The summed E-state index contributed by atoms with van der Waals surface area (Å²) in [5, 5.41) is 3.59. The molecule has 2 amide bonds. The van der Waals surface area contributed by atoms with Gasteiger partial charge >= 0.3 is 0 Å². The van der Waals surface area contributed by atoms with Gasteiger partial charge in [0, 0.05) is 37.6 Å². The molecule has 0 spiro atoms. The summed E-state index contributed by atoms with van der Waals surface area (Å²) in [6, 6.07) is 0.270. The molecule has 8 heteroatoms. The third-order valence-electron chi connectivity index (χ3n) is 7.69. The molecule has 28 heavy (non-hydrogen) atoms. The fourth-order valence-electron chi connectivity index (χ4n) is 6.09. The minimum atomic E-state index is -0.907. The molecule has 7 nitrogen and oxygen atoms in total. The van der Waals surface area contributed by atoms with Gasteiger partial charge in [0.25, 0.3) is 0 Å². The van der Waals surface area contributed by atoms with Crippen LogP contribution >= 0.6 is 0 Å². The van der Waals surface area contributed by atoms with Crippen molar-refractivity contribution in [2.45, 2.75) is 75.3 Å². The molecule has 3 N–H and O–H groups in total. The summed E-state index contributed by atoms with van der Waals surface area (Å²) in [6.07, 6.45) is 6.30. The summed E-state index contributed by atoms with van der Waals surface area (Å²) in [5.41, 5.74) is 6.39. The number of piperidine rings is 1. The molecule has 4 saturated heterocycles. The van der Waals surface area contributed by atoms with Crippen LogP contribution in [0.4, 0.5) is 4.39 Å². The maximum atomic E-state index is 13.5. The maximum Gasteiger partial charge on any atom is 0.241 e. The molecule has 0 aromatic carbocycles. The Labute approximate surface area is 165 Å². The zero-order valence-electron chi connectivity index (χ0n) is 16.4. The second kappa shape index (κ2) is 7.54. The number of hydrogen-bond donors (Lipinski definition) is 3. The Morgan fingerprint density at radius 1 is 0.857 bits per heavy atom. The predicted molar refractivity (Wildman–Crippen MR) is 102 cm³/mol. The predicted octanol–water partition coefficient (Wildman–Crippen LogP) is 0.171. The summed E-state index contributed by atoms with van der Waals surface area (Å²) in [5.74, 6) is 0.871. The van der Waals surface area contributed by atoms with Crippen LogP contribution < -0.4 is 16.2 Å². The number of rotatable bonds is 2. The lowest BCUT2D eigenvalue weighted by Crippen LogP contribution is -2.55. The molecular formula is C20H32FN5O2. The SMILES string of the molecule is O=C(C1CC2CCCCC2N1)N1CCC2NNC(C(=O)N3CC[C@@H](F)C3)C2C1. The molecule has 0 aromatic heterocycles. The highest BCUT2D eigenvalue weighted by molar-refractivity contribution is 5.84. The largest absolute Gasteiger partial charge is 0.341 e. The van der Waals surface area contributed by atoms with Gasteiger partial charge in [0.2, 0.25) is 11.8 Å². The first-order valence-corrected chi connectivity index (χ1v) is 11.1. The van der Waals surface area contributed by atoms with Crippen LogP contribution in [0.5, 0.6) is 0 Å². The summed E-state index contributed by atoms with van der Waals surface area (Å²) >= 11 is 0. The highest BCUT2D eigenvalue weighted by Gasteiger charge is 2.47. The van der Waals surface area contributed by atoms with E-state index in [1.165, 1.54) is 25.7 Å². The second-order valence-corrected chi connectivity index (χ2v) is 9.39. The number of hydrazine groups is 1. The van der Waals surface area contributed by atoms with E-state index in [-0.39, 0.29) is 42.4 Å². The number of nitrogens with zero attached hydrogens (tertiary/aromatic N) is 2. The van der Waals surface area contributed by atoms with Crippen molar-refractivity contribution in [2.24, 2.45) is 11.8 Å². The van der Waals surface area contributed by atoms with Crippen LogP contribution in [0.15, 0.2) is 0 Å². The van der Waals surface area contributed by atoms with Gasteiger partial charge in [-0.25, -0.2) is 9.82 Å². The minimum absolute atomic E-state index is 0.0283. The Balaban J connectivity index is 1.22. The number of amides is 2. The van der Waals surface area contributed by atoms with Crippen molar-refractivity contribution in [3.05, 3.63) is 0 Å². The third kappa shape index (κ3) is 3.33. The van der Waals surface area contributed by atoms with Crippen LogP contribution in [0.25, 0.3) is 0 Å². The quantitative estimate of drug-likeness (QED) is 0.624. The summed E-state index contributed by atoms with van der Waals surface area (Å²) < 4.78 is 13.5. The van der Waals surface area contributed by atoms with Crippen molar-refractivity contribution < 1.29 is 14.0 Å². The molecule has 5 fully saturated rings. The van der Waals surface area contributed by atoms with Gasteiger partial charge in [0.1, 0.15) is 12.2 Å². The monoisotopic (exact) mass is 393 g/mol. The van der Waals surface area contributed by atoms with Crippen molar-refractivity contribution in [1.29, 1.82) is 0 Å². The topological polar surface area (TPSA) is 76.7 Å². The van der Waals surface area contributed by atoms with Crippen LogP contribution in [0, 0.1) is 11.8 Å². The highest BCUT2D eigenvalue weighted by atomic mass is 19.1. The molecule has 7 atom stereocenters. The first kappa shape index (κ1) is 18.8. The molecule has 6 unspecified atom stereocenters. The third-order valence-corrected chi connectivity index (χ3v) is 7.69. The van der Waals surface area contributed by atoms with Crippen molar-refractivity contribution in [3.63, 3.8) is 0 Å². The van der Waals surface area contributed by atoms with Gasteiger partial charge in [-0.2, -0.15) is 0 Å². The van der Waals surface area contributed by atoms with Crippen molar-refractivity contribution >= 4 is 11.8 Å². The molecule has 1 saturated carbocycles. The van der Waals surface area contributed by atoms with Crippen LogP contribution in [0.3, 0.4) is 0 Å². The lowest BCUT2D eigenvalue weighted by atomic mass is 9.84. The number of nitrogens with one attached hydrogen (secondary N) is 3. The molecule has 5 rings (SSSR count). The lowest BCUT2D eigenvalue weighted by Gasteiger charge is -2.37. The van der Waals surface area contributed by atoms with Gasteiger partial charge in [-0.1, -0.05) is 12.8 Å². The van der Waals surface area contributed by atoms with Gasteiger partial charge in [-0.05, 0) is 38.0 Å². The second-order valence-electron chi connectivity index (χ2n) is 9.39. The molecule has 0 aromatic rings. The number of alkyl halides is 1. The van der Waals surface area contributed by atoms with Crippen molar-refractivity contribution in [2.75, 3.05) is 26.2 Å². The van der Waals surface area contributed by atoms with E-state index >= 15 is 0 Å². The molecule has 4 aliphatic heterocycles. The number of likely N-dealkylation sites (tertiary alicyclic amines) is 2. The van der Waals surface area contributed by atoms with E-state index in [0.717, 1.165) is 19.4 Å². The normalized spacial score (nSPS) is 43.1. The summed E-state index contributed by atoms with van der Waals surface area (Å²) in [6.45, 7) is 2.03. The minimum Gasteiger partial charge on any atom is -0.341 e. The zero-order chi connectivity index (χ0) is 19.3. The molecular weight excluding hydrogens is 361 g/mol. The molecule has 156 valence electrons. The molecule has 1 aliphatic carbocycles. The van der Waals surface area contributed by atoms with Gasteiger partial charge < -0.3 is 15.1 Å². The number of fused-ring (bicyclic) bond motifs is 2. The van der Waals surface area contributed by atoms with E-state index in [1.54, 1.807) is 4.90 Å². The van der Waals surface area contributed by atoms with E-state index < -0.39 is 6.17 Å². The Morgan fingerprint density at radius 2 is 1.64 bits per heavy atom. The molecule has 5 aliphatic rings. The Bertz CT molecular complexity index is 620. The van der Waals surface area contributed by atoms with Gasteiger partial charge in [-0.3, -0.25) is 15.0 Å². The summed E-state index contributed by atoms with van der Waals surface area (Å²) in [4.78, 5) is 29.7. The fraction of sp³-hybridized carbons (Fsp3) is 0.900. The van der Waals surface area contributed by atoms with Gasteiger partial charge in [-0.15, -0.1) is 0 Å². The molecule has 4 heterocycles. The van der Waals surface area contributed by atoms with Crippen molar-refractivity contribution in [3.8, 4) is 0 Å². The van der Waals surface area contributed by atoms with Gasteiger partial charge in [0.15, 0.2) is 0 Å². The molecule has 0 radical (unpaired) electrons. The highest BCUT2D eigenvalue weighted by Crippen LogP contribution is 2.34.